The van der Waals surface area contributed by atoms with Crippen LogP contribution in [-0.4, -0.2) is 51.7 Å². The highest BCUT2D eigenvalue weighted by Gasteiger charge is 2.21. The maximum Gasteiger partial charge on any atom is 0.244 e. The molecule has 2 heterocycles. The summed E-state index contributed by atoms with van der Waals surface area (Å²) in [4.78, 5) is 16.6. The first-order valence-corrected chi connectivity index (χ1v) is 9.19. The fourth-order valence-corrected chi connectivity index (χ4v) is 3.34. The van der Waals surface area contributed by atoms with Gasteiger partial charge in [-0.2, -0.15) is 5.10 Å². The number of hydrogen-bond acceptors (Lipinski definition) is 3. The predicted octanol–water partition coefficient (Wildman–Crippen LogP) is 3.50. The van der Waals surface area contributed by atoms with Gasteiger partial charge in [0.2, 0.25) is 5.91 Å². The van der Waals surface area contributed by atoms with E-state index in [2.05, 4.69) is 10.00 Å². The quantitative estimate of drug-likeness (QED) is 0.787. The van der Waals surface area contributed by atoms with Crippen molar-refractivity contribution in [1.82, 2.24) is 19.6 Å². The number of hydrogen-bond donors (Lipinski definition) is 0. The number of rotatable bonds is 4. The molecular formula is C17H19Cl3N4O. The number of benzene rings is 1. The van der Waals surface area contributed by atoms with E-state index in [1.807, 2.05) is 30.0 Å². The van der Waals surface area contributed by atoms with Crippen LogP contribution < -0.4 is 0 Å². The van der Waals surface area contributed by atoms with E-state index in [0.717, 1.165) is 30.9 Å². The number of nitrogens with zero attached hydrogens (tertiary/aromatic N) is 4. The molecule has 1 aromatic carbocycles. The van der Waals surface area contributed by atoms with Gasteiger partial charge in [-0.15, -0.1) is 0 Å². The summed E-state index contributed by atoms with van der Waals surface area (Å²) in [6.07, 6.45) is 1.69. The van der Waals surface area contributed by atoms with Gasteiger partial charge < -0.3 is 4.90 Å². The molecule has 0 bridgehead atoms. The van der Waals surface area contributed by atoms with Gasteiger partial charge >= 0.3 is 0 Å². The number of carbonyl (C=O) groups is 1. The fraction of sp³-hybridized carbons (Fsp3) is 0.412. The van der Waals surface area contributed by atoms with Gasteiger partial charge in [-0.3, -0.25) is 14.4 Å². The molecule has 0 unspecified atom stereocenters. The number of halogens is 3. The van der Waals surface area contributed by atoms with E-state index >= 15 is 0 Å². The summed E-state index contributed by atoms with van der Waals surface area (Å²) in [5.74, 6) is 0.0633. The molecule has 1 amide bonds. The van der Waals surface area contributed by atoms with Crippen LogP contribution in [-0.2, 0) is 17.9 Å². The Morgan fingerprint density at radius 1 is 1.08 bits per heavy atom. The van der Waals surface area contributed by atoms with Crippen molar-refractivity contribution in [1.29, 1.82) is 0 Å². The Labute approximate surface area is 162 Å². The molecule has 2 aromatic rings. The molecule has 1 aliphatic heterocycles. The summed E-state index contributed by atoms with van der Waals surface area (Å²) in [7, 11) is 0. The second kappa shape index (κ2) is 7.96. The predicted molar refractivity (Wildman–Crippen MR) is 100 cm³/mol. The zero-order valence-corrected chi connectivity index (χ0v) is 16.2. The van der Waals surface area contributed by atoms with E-state index in [-0.39, 0.29) is 12.5 Å². The normalized spacial score (nSPS) is 15.6. The molecule has 134 valence electrons. The fourth-order valence-electron chi connectivity index (χ4n) is 2.86. The number of aryl methyl sites for hydroxylation is 1. The van der Waals surface area contributed by atoms with E-state index in [1.54, 1.807) is 10.9 Å². The lowest BCUT2D eigenvalue weighted by molar-refractivity contribution is -0.133. The minimum Gasteiger partial charge on any atom is -0.339 e. The summed E-state index contributed by atoms with van der Waals surface area (Å²) < 4.78 is 1.60. The number of carbonyl (C=O) groups excluding carboxylic acids is 1. The van der Waals surface area contributed by atoms with Gasteiger partial charge in [0.1, 0.15) is 6.54 Å². The van der Waals surface area contributed by atoms with Crippen LogP contribution in [0.2, 0.25) is 15.1 Å². The van der Waals surface area contributed by atoms with Crippen LogP contribution in [0.1, 0.15) is 11.3 Å². The van der Waals surface area contributed by atoms with Gasteiger partial charge in [-0.1, -0.05) is 40.9 Å². The third-order valence-electron chi connectivity index (χ3n) is 4.30. The minimum absolute atomic E-state index is 0.0633. The van der Waals surface area contributed by atoms with Gasteiger partial charge in [0, 0.05) is 38.9 Å². The number of aromatic nitrogens is 2. The van der Waals surface area contributed by atoms with E-state index < -0.39 is 0 Å². The molecule has 0 radical (unpaired) electrons. The third kappa shape index (κ3) is 4.67. The first-order valence-electron chi connectivity index (χ1n) is 8.06. The molecule has 1 fully saturated rings. The van der Waals surface area contributed by atoms with Crippen LogP contribution >= 0.6 is 34.8 Å². The zero-order chi connectivity index (χ0) is 18.0. The Kier molecular flexibility index (Phi) is 5.89. The van der Waals surface area contributed by atoms with Gasteiger partial charge in [0.05, 0.1) is 20.8 Å². The van der Waals surface area contributed by atoms with Crippen LogP contribution in [0, 0.1) is 6.92 Å². The molecule has 1 aliphatic rings. The molecule has 3 rings (SSSR count). The summed E-state index contributed by atoms with van der Waals surface area (Å²) in [5.41, 5.74) is 1.86. The molecule has 5 nitrogen and oxygen atoms in total. The van der Waals surface area contributed by atoms with E-state index in [4.69, 9.17) is 34.8 Å². The maximum atomic E-state index is 12.4. The highest BCUT2D eigenvalue weighted by atomic mass is 35.5. The first kappa shape index (κ1) is 18.5. The Morgan fingerprint density at radius 3 is 2.40 bits per heavy atom. The van der Waals surface area contributed by atoms with Crippen molar-refractivity contribution < 1.29 is 4.79 Å². The van der Waals surface area contributed by atoms with Crippen molar-refractivity contribution in [2.24, 2.45) is 0 Å². The van der Waals surface area contributed by atoms with Crippen molar-refractivity contribution in [2.45, 2.75) is 20.0 Å². The van der Waals surface area contributed by atoms with Gasteiger partial charge in [-0.25, -0.2) is 0 Å². The van der Waals surface area contributed by atoms with Crippen molar-refractivity contribution in [3.8, 4) is 0 Å². The maximum absolute atomic E-state index is 12.4. The van der Waals surface area contributed by atoms with Crippen LogP contribution in [0.25, 0.3) is 0 Å². The molecule has 0 spiro atoms. The van der Waals surface area contributed by atoms with Crippen molar-refractivity contribution in [3.63, 3.8) is 0 Å². The minimum atomic E-state index is 0.0633. The SMILES string of the molecule is Cc1nn(CC(=O)N2CCN(Cc3ccc(Cl)c(Cl)c3)CC2)cc1Cl. The second-order valence-corrected chi connectivity index (χ2v) is 7.39. The Balaban J connectivity index is 1.50. The van der Waals surface area contributed by atoms with Crippen molar-refractivity contribution in [2.75, 3.05) is 26.2 Å². The van der Waals surface area contributed by atoms with Gasteiger partial charge in [0.15, 0.2) is 0 Å². The first-order chi connectivity index (χ1) is 11.9. The van der Waals surface area contributed by atoms with Crippen LogP contribution in [0.3, 0.4) is 0 Å². The van der Waals surface area contributed by atoms with E-state index in [9.17, 15) is 4.79 Å². The summed E-state index contributed by atoms with van der Waals surface area (Å²) in [6.45, 7) is 5.90. The number of piperazine rings is 1. The summed E-state index contributed by atoms with van der Waals surface area (Å²) in [6, 6.07) is 5.69. The monoisotopic (exact) mass is 400 g/mol. The topological polar surface area (TPSA) is 41.4 Å². The lowest BCUT2D eigenvalue weighted by Gasteiger charge is -2.34. The smallest absolute Gasteiger partial charge is 0.244 e. The van der Waals surface area contributed by atoms with Crippen LogP contribution in [0.4, 0.5) is 0 Å². The Bertz CT molecular complexity index is 750. The van der Waals surface area contributed by atoms with Crippen LogP contribution in [0.15, 0.2) is 24.4 Å². The highest BCUT2D eigenvalue weighted by Crippen LogP contribution is 2.23. The van der Waals surface area contributed by atoms with E-state index in [0.29, 0.717) is 28.2 Å². The van der Waals surface area contributed by atoms with Crippen molar-refractivity contribution in [3.05, 3.63) is 50.7 Å². The molecule has 8 heteroatoms. The van der Waals surface area contributed by atoms with Gasteiger partial charge in [-0.05, 0) is 24.6 Å². The molecular weight excluding hydrogens is 383 g/mol. The van der Waals surface area contributed by atoms with Crippen molar-refractivity contribution >= 4 is 40.7 Å². The Hall–Kier alpha value is -1.27. The highest BCUT2D eigenvalue weighted by molar-refractivity contribution is 6.42. The van der Waals surface area contributed by atoms with Crippen LogP contribution in [0.5, 0.6) is 0 Å². The lowest BCUT2D eigenvalue weighted by atomic mass is 10.2. The molecule has 0 saturated carbocycles. The molecule has 0 N–H and O–H groups in total. The lowest BCUT2D eigenvalue weighted by Crippen LogP contribution is -2.49. The summed E-state index contributed by atoms with van der Waals surface area (Å²) >= 11 is 18.0. The summed E-state index contributed by atoms with van der Waals surface area (Å²) in [5, 5.41) is 5.95. The molecule has 25 heavy (non-hydrogen) atoms. The zero-order valence-electron chi connectivity index (χ0n) is 13.9. The average molecular weight is 402 g/mol. The standard InChI is InChI=1S/C17H19Cl3N4O/c1-12-16(20)10-24(21-12)11-17(25)23-6-4-22(5-7-23)9-13-2-3-14(18)15(19)8-13/h2-3,8,10H,4-7,9,11H2,1H3. The average Bonchev–Trinajstić information content (AvgIpc) is 2.89. The molecule has 0 aliphatic carbocycles. The third-order valence-corrected chi connectivity index (χ3v) is 5.41. The van der Waals surface area contributed by atoms with E-state index in [1.165, 1.54) is 0 Å². The molecule has 1 saturated heterocycles. The molecule has 1 aromatic heterocycles. The van der Waals surface area contributed by atoms with Gasteiger partial charge in [0.25, 0.3) is 0 Å². The largest absolute Gasteiger partial charge is 0.339 e. The molecule has 0 atom stereocenters. The Morgan fingerprint density at radius 2 is 1.80 bits per heavy atom. The number of amides is 1. The second-order valence-electron chi connectivity index (χ2n) is 6.17.